The second-order valence-corrected chi connectivity index (χ2v) is 7.66. The highest BCUT2D eigenvalue weighted by Crippen LogP contribution is 2.09. The van der Waals surface area contributed by atoms with Crippen LogP contribution >= 0.6 is 0 Å². The third kappa shape index (κ3) is 6.73. The van der Waals surface area contributed by atoms with Gasteiger partial charge < -0.3 is 5.32 Å². The molecule has 3 rings (SSSR count). The number of hydrogen-bond acceptors (Lipinski definition) is 3. The van der Waals surface area contributed by atoms with Gasteiger partial charge in [-0.05, 0) is 36.6 Å². The Morgan fingerprint density at radius 1 is 0.964 bits per heavy atom. The van der Waals surface area contributed by atoms with Gasteiger partial charge in [0.1, 0.15) is 5.82 Å². The smallest absolute Gasteiger partial charge is 0.220 e. The summed E-state index contributed by atoms with van der Waals surface area (Å²) < 4.78 is 12.9. The van der Waals surface area contributed by atoms with Crippen LogP contribution in [0.4, 0.5) is 4.39 Å². The highest BCUT2D eigenvalue weighted by Gasteiger charge is 2.19. The normalized spacial score (nSPS) is 16.6. The zero-order chi connectivity index (χ0) is 19.8. The molecule has 5 heteroatoms. The summed E-state index contributed by atoms with van der Waals surface area (Å²) in [5.41, 5.74) is 2.34. The van der Waals surface area contributed by atoms with Crippen LogP contribution in [0, 0.1) is 5.82 Å². The molecule has 1 N–H and O–H groups in total. The van der Waals surface area contributed by atoms with Gasteiger partial charge in [-0.25, -0.2) is 4.39 Å². The van der Waals surface area contributed by atoms with E-state index in [-0.39, 0.29) is 17.8 Å². The quantitative estimate of drug-likeness (QED) is 0.761. The number of aryl methyl sites for hydroxylation is 1. The summed E-state index contributed by atoms with van der Waals surface area (Å²) in [5, 5.41) is 3.09. The van der Waals surface area contributed by atoms with Gasteiger partial charge in [0, 0.05) is 51.7 Å². The van der Waals surface area contributed by atoms with Gasteiger partial charge in [-0.15, -0.1) is 0 Å². The fraction of sp³-hybridized carbons (Fsp3) is 0.435. The third-order valence-corrected chi connectivity index (χ3v) is 5.21. The fourth-order valence-electron chi connectivity index (χ4n) is 3.66. The molecule has 0 bridgehead atoms. The molecule has 1 heterocycles. The molecule has 0 saturated carbocycles. The molecule has 1 aliphatic rings. The lowest BCUT2D eigenvalue weighted by molar-refractivity contribution is -0.121. The van der Waals surface area contributed by atoms with Crippen LogP contribution in [0.15, 0.2) is 54.6 Å². The first-order chi connectivity index (χ1) is 13.6. The SMILES string of the molecule is CC(CN1CCN(Cc2ccccc2)CC1)NC(=O)CCc1ccc(F)cc1. The minimum absolute atomic E-state index is 0.0551. The molecule has 150 valence electrons. The zero-order valence-electron chi connectivity index (χ0n) is 16.6. The van der Waals surface area contributed by atoms with Crippen molar-refractivity contribution < 1.29 is 9.18 Å². The molecule has 1 amide bonds. The Balaban J connectivity index is 1.33. The van der Waals surface area contributed by atoms with E-state index in [0.29, 0.717) is 12.8 Å². The van der Waals surface area contributed by atoms with Gasteiger partial charge in [0.05, 0.1) is 0 Å². The molecule has 0 spiro atoms. The lowest BCUT2D eigenvalue weighted by atomic mass is 10.1. The summed E-state index contributed by atoms with van der Waals surface area (Å²) in [7, 11) is 0. The molecular weight excluding hydrogens is 353 g/mol. The predicted molar refractivity (Wildman–Crippen MR) is 110 cm³/mol. The molecule has 0 aliphatic carbocycles. The molecule has 1 aliphatic heterocycles. The van der Waals surface area contributed by atoms with Crippen LogP contribution in [0.3, 0.4) is 0 Å². The minimum Gasteiger partial charge on any atom is -0.352 e. The second-order valence-electron chi connectivity index (χ2n) is 7.66. The van der Waals surface area contributed by atoms with Gasteiger partial charge in [0.25, 0.3) is 0 Å². The number of nitrogens with zero attached hydrogens (tertiary/aromatic N) is 2. The first kappa shape index (κ1) is 20.5. The first-order valence-corrected chi connectivity index (χ1v) is 10.1. The Labute approximate surface area is 167 Å². The Bertz CT molecular complexity index is 727. The number of carbonyl (C=O) groups excluding carboxylic acids is 1. The Kier molecular flexibility index (Phi) is 7.57. The molecule has 0 aromatic heterocycles. The maximum Gasteiger partial charge on any atom is 0.220 e. The van der Waals surface area contributed by atoms with Crippen molar-refractivity contribution in [2.45, 2.75) is 32.4 Å². The summed E-state index contributed by atoms with van der Waals surface area (Å²) >= 11 is 0. The lowest BCUT2D eigenvalue weighted by Gasteiger charge is -2.36. The fourth-order valence-corrected chi connectivity index (χ4v) is 3.66. The molecule has 2 aromatic carbocycles. The zero-order valence-corrected chi connectivity index (χ0v) is 16.6. The number of halogens is 1. The van der Waals surface area contributed by atoms with E-state index in [9.17, 15) is 9.18 Å². The predicted octanol–water partition coefficient (Wildman–Crippen LogP) is 3.08. The molecule has 4 nitrogen and oxygen atoms in total. The van der Waals surface area contributed by atoms with Crippen molar-refractivity contribution in [3.63, 3.8) is 0 Å². The van der Waals surface area contributed by atoms with Gasteiger partial charge >= 0.3 is 0 Å². The summed E-state index contributed by atoms with van der Waals surface area (Å²) in [6.45, 7) is 8.11. The van der Waals surface area contributed by atoms with Gasteiger partial charge in [0.15, 0.2) is 0 Å². The monoisotopic (exact) mass is 383 g/mol. The summed E-state index contributed by atoms with van der Waals surface area (Å²) in [6, 6.07) is 17.1. The topological polar surface area (TPSA) is 35.6 Å². The number of hydrogen-bond donors (Lipinski definition) is 1. The highest BCUT2D eigenvalue weighted by molar-refractivity contribution is 5.76. The molecular formula is C23H30FN3O. The van der Waals surface area contributed by atoms with Crippen molar-refractivity contribution in [1.29, 1.82) is 0 Å². The summed E-state index contributed by atoms with van der Waals surface area (Å²) in [6.07, 6.45) is 1.07. The minimum atomic E-state index is -0.245. The van der Waals surface area contributed by atoms with Crippen LogP contribution in [0.5, 0.6) is 0 Å². The van der Waals surface area contributed by atoms with Crippen LogP contribution in [-0.2, 0) is 17.8 Å². The molecule has 1 atom stereocenters. The Morgan fingerprint density at radius 3 is 2.29 bits per heavy atom. The number of nitrogens with one attached hydrogen (secondary N) is 1. The van der Waals surface area contributed by atoms with Crippen LogP contribution in [0.25, 0.3) is 0 Å². The van der Waals surface area contributed by atoms with Crippen molar-refractivity contribution in [2.24, 2.45) is 0 Å². The van der Waals surface area contributed by atoms with Gasteiger partial charge in [-0.3, -0.25) is 14.6 Å². The average molecular weight is 384 g/mol. The van der Waals surface area contributed by atoms with Crippen molar-refractivity contribution in [1.82, 2.24) is 15.1 Å². The van der Waals surface area contributed by atoms with E-state index in [1.54, 1.807) is 12.1 Å². The van der Waals surface area contributed by atoms with E-state index in [0.717, 1.165) is 44.8 Å². The van der Waals surface area contributed by atoms with Crippen molar-refractivity contribution in [3.8, 4) is 0 Å². The second kappa shape index (κ2) is 10.3. The highest BCUT2D eigenvalue weighted by atomic mass is 19.1. The van der Waals surface area contributed by atoms with Gasteiger partial charge in [-0.1, -0.05) is 42.5 Å². The van der Waals surface area contributed by atoms with Crippen LogP contribution in [0.1, 0.15) is 24.5 Å². The summed E-state index contributed by atoms with van der Waals surface area (Å²) in [4.78, 5) is 17.1. The maximum absolute atomic E-state index is 12.9. The Hall–Kier alpha value is -2.24. The number of rotatable bonds is 8. The van der Waals surface area contributed by atoms with Crippen LogP contribution in [-0.4, -0.2) is 54.5 Å². The summed E-state index contributed by atoms with van der Waals surface area (Å²) in [5.74, 6) is -0.190. The molecule has 0 radical (unpaired) electrons. The van der Waals surface area contributed by atoms with E-state index in [4.69, 9.17) is 0 Å². The lowest BCUT2D eigenvalue weighted by Crippen LogP contribution is -2.50. The van der Waals surface area contributed by atoms with E-state index in [1.807, 2.05) is 0 Å². The maximum atomic E-state index is 12.9. The molecule has 2 aromatic rings. The Morgan fingerprint density at radius 2 is 1.61 bits per heavy atom. The van der Waals surface area contributed by atoms with E-state index in [1.165, 1.54) is 17.7 Å². The standard InChI is InChI=1S/C23H30FN3O/c1-19(25-23(28)12-9-20-7-10-22(24)11-8-20)17-26-13-15-27(16-14-26)18-21-5-3-2-4-6-21/h2-8,10-11,19H,9,12-18H2,1H3,(H,25,28). The number of amides is 1. The number of carbonyl (C=O) groups is 1. The molecule has 28 heavy (non-hydrogen) atoms. The number of benzene rings is 2. The van der Waals surface area contributed by atoms with E-state index in [2.05, 4.69) is 52.4 Å². The van der Waals surface area contributed by atoms with Gasteiger partial charge in [0.2, 0.25) is 5.91 Å². The van der Waals surface area contributed by atoms with Crippen molar-refractivity contribution >= 4 is 5.91 Å². The number of piperazine rings is 1. The molecule has 1 fully saturated rings. The average Bonchev–Trinajstić information content (AvgIpc) is 2.70. The molecule has 1 unspecified atom stereocenters. The van der Waals surface area contributed by atoms with Crippen molar-refractivity contribution in [2.75, 3.05) is 32.7 Å². The van der Waals surface area contributed by atoms with Gasteiger partial charge in [-0.2, -0.15) is 0 Å². The van der Waals surface area contributed by atoms with Crippen molar-refractivity contribution in [3.05, 3.63) is 71.5 Å². The van der Waals surface area contributed by atoms with E-state index >= 15 is 0 Å². The van der Waals surface area contributed by atoms with Crippen LogP contribution < -0.4 is 5.32 Å². The molecule has 1 saturated heterocycles. The van der Waals surface area contributed by atoms with Crippen LogP contribution in [0.2, 0.25) is 0 Å². The largest absolute Gasteiger partial charge is 0.352 e. The first-order valence-electron chi connectivity index (χ1n) is 10.1. The third-order valence-electron chi connectivity index (χ3n) is 5.21. The van der Waals surface area contributed by atoms with E-state index < -0.39 is 0 Å².